The Balaban J connectivity index is 1.07. The Morgan fingerprint density at radius 2 is 1.09 bits per heavy atom. The Morgan fingerprint density at radius 3 is 1.93 bits per heavy atom. The minimum absolute atomic E-state index is 0.276. The van der Waals surface area contributed by atoms with E-state index in [1.54, 1.807) is 0 Å². The summed E-state index contributed by atoms with van der Waals surface area (Å²) in [4.78, 5) is 5.23. The molecule has 0 amide bonds. The third kappa shape index (κ3) is 4.94. The molecular weight excluding hydrogens is 663 g/mol. The number of aliphatic imine (C=N–C) groups is 1. The fraction of sp³-hybridized carbons (Fsp3) is 0.0408. The van der Waals surface area contributed by atoms with Gasteiger partial charge in [-0.25, -0.2) is 4.99 Å². The lowest BCUT2D eigenvalue weighted by Gasteiger charge is -2.32. The number of nitrogens with zero attached hydrogens (tertiary/aromatic N) is 1. The topological polar surface area (TPSA) is 62.7 Å². The van der Waals surface area contributed by atoms with Gasteiger partial charge in [0.15, 0.2) is 0 Å². The molecule has 5 nitrogen and oxygen atoms in total. The van der Waals surface area contributed by atoms with Crippen LogP contribution in [-0.4, -0.2) is 5.84 Å². The Labute approximate surface area is 311 Å². The van der Waals surface area contributed by atoms with E-state index in [0.29, 0.717) is 0 Å². The van der Waals surface area contributed by atoms with Crippen LogP contribution in [0.1, 0.15) is 29.0 Å². The Kier molecular flexibility index (Phi) is 7.00. The van der Waals surface area contributed by atoms with Crippen molar-refractivity contribution in [1.29, 1.82) is 0 Å². The van der Waals surface area contributed by atoms with E-state index in [-0.39, 0.29) is 12.3 Å². The lowest BCUT2D eigenvalue weighted by molar-refractivity contribution is 0.411. The Bertz CT molecular complexity index is 3050. The predicted molar refractivity (Wildman–Crippen MR) is 221 cm³/mol. The number of benzene rings is 8. The van der Waals surface area contributed by atoms with Crippen molar-refractivity contribution in [2.24, 2.45) is 4.99 Å². The molecule has 0 spiro atoms. The molecule has 8 aromatic carbocycles. The SMILES string of the molecule is c1ccc(C2=NC(c3ccc(-c4ccccc4)cc3)NC(c3cccc4oc5cccc(-c6cccc7c6oc6c8ccccc8ccc76)c5c34)N2)cc1. The van der Waals surface area contributed by atoms with E-state index in [1.165, 1.54) is 11.1 Å². The van der Waals surface area contributed by atoms with E-state index < -0.39 is 0 Å². The molecule has 1 aliphatic rings. The average Bonchev–Trinajstić information content (AvgIpc) is 3.83. The Hall–Kier alpha value is -6.95. The van der Waals surface area contributed by atoms with Crippen LogP contribution >= 0.6 is 0 Å². The molecule has 0 saturated carbocycles. The zero-order valence-corrected chi connectivity index (χ0v) is 29.2. The van der Waals surface area contributed by atoms with Crippen molar-refractivity contribution in [2.75, 3.05) is 0 Å². The minimum atomic E-state index is -0.289. The van der Waals surface area contributed by atoms with Crippen LogP contribution in [0.25, 0.3) is 76.9 Å². The molecule has 54 heavy (non-hydrogen) atoms. The molecule has 1 aliphatic heterocycles. The highest BCUT2D eigenvalue weighted by atomic mass is 16.3. The average molecular weight is 696 g/mol. The molecule has 0 bridgehead atoms. The van der Waals surface area contributed by atoms with Crippen molar-refractivity contribution < 1.29 is 8.83 Å². The second kappa shape index (κ2) is 12.3. The molecule has 2 N–H and O–H groups in total. The molecule has 0 fully saturated rings. The molecule has 0 aliphatic carbocycles. The second-order valence-electron chi connectivity index (χ2n) is 13.9. The van der Waals surface area contributed by atoms with Gasteiger partial charge in [0.1, 0.15) is 40.5 Å². The van der Waals surface area contributed by atoms with Crippen LogP contribution in [0, 0.1) is 0 Å². The molecule has 0 saturated heterocycles. The summed E-state index contributed by atoms with van der Waals surface area (Å²) in [6.45, 7) is 0. The van der Waals surface area contributed by atoms with Crippen molar-refractivity contribution in [3.63, 3.8) is 0 Å². The first-order valence-electron chi connectivity index (χ1n) is 18.4. The monoisotopic (exact) mass is 695 g/mol. The fourth-order valence-corrected chi connectivity index (χ4v) is 8.22. The summed E-state index contributed by atoms with van der Waals surface area (Å²) < 4.78 is 13.5. The third-order valence-corrected chi connectivity index (χ3v) is 10.8. The zero-order valence-electron chi connectivity index (χ0n) is 29.2. The standard InChI is InChI=1S/C49H33N3O2/c1-3-12-30(13-4-1)31-24-26-34(27-25-31)48-50-47(33-15-5-2-6-16-33)51-49(52-48)40-21-11-23-42-44(40)43-36(18-10-22-41(43)53-42)37-19-9-20-38-39-29-28-32-14-7-8-17-35(32)45(39)54-46(37)38/h1-29,48-49,52H,(H,50,51). The number of hydrogen-bond donors (Lipinski definition) is 2. The smallest absolute Gasteiger partial charge is 0.143 e. The van der Waals surface area contributed by atoms with Crippen LogP contribution in [0.3, 0.4) is 0 Å². The van der Waals surface area contributed by atoms with Gasteiger partial charge in [0, 0.05) is 43.6 Å². The first-order valence-corrected chi connectivity index (χ1v) is 18.4. The van der Waals surface area contributed by atoms with Gasteiger partial charge in [-0.3, -0.25) is 5.32 Å². The molecule has 5 heteroatoms. The summed E-state index contributed by atoms with van der Waals surface area (Å²) in [6.07, 6.45) is -0.564. The highest BCUT2D eigenvalue weighted by Crippen LogP contribution is 2.44. The van der Waals surface area contributed by atoms with Gasteiger partial charge in [-0.05, 0) is 45.8 Å². The number of rotatable bonds is 5. The van der Waals surface area contributed by atoms with Crippen LogP contribution < -0.4 is 10.6 Å². The number of nitrogens with one attached hydrogen (secondary N) is 2. The number of fused-ring (bicyclic) bond motifs is 8. The van der Waals surface area contributed by atoms with Gasteiger partial charge in [-0.2, -0.15) is 0 Å². The van der Waals surface area contributed by atoms with E-state index in [4.69, 9.17) is 13.8 Å². The van der Waals surface area contributed by atoms with Gasteiger partial charge >= 0.3 is 0 Å². The fourth-order valence-electron chi connectivity index (χ4n) is 8.22. The summed E-state index contributed by atoms with van der Waals surface area (Å²) >= 11 is 0. The lowest BCUT2D eigenvalue weighted by atomic mass is 9.94. The van der Waals surface area contributed by atoms with E-state index in [0.717, 1.165) is 88.3 Å². The van der Waals surface area contributed by atoms with Crippen molar-refractivity contribution in [3.8, 4) is 22.3 Å². The van der Waals surface area contributed by atoms with E-state index in [9.17, 15) is 0 Å². The van der Waals surface area contributed by atoms with Crippen LogP contribution in [0.15, 0.2) is 190 Å². The number of hydrogen-bond acceptors (Lipinski definition) is 5. The van der Waals surface area contributed by atoms with Crippen molar-refractivity contribution in [2.45, 2.75) is 12.3 Å². The third-order valence-electron chi connectivity index (χ3n) is 10.8. The van der Waals surface area contributed by atoms with Gasteiger partial charge in [0.25, 0.3) is 0 Å². The molecular formula is C49H33N3O2. The van der Waals surface area contributed by atoms with Crippen molar-refractivity contribution >= 4 is 60.5 Å². The maximum atomic E-state index is 6.83. The summed E-state index contributed by atoms with van der Waals surface area (Å²) in [7, 11) is 0. The normalized spacial score (nSPS) is 16.0. The molecule has 11 rings (SSSR count). The summed E-state index contributed by atoms with van der Waals surface area (Å²) in [5.74, 6) is 0.834. The summed E-state index contributed by atoms with van der Waals surface area (Å²) in [5.41, 5.74) is 11.1. The summed E-state index contributed by atoms with van der Waals surface area (Å²) in [5, 5.41) is 14.2. The van der Waals surface area contributed by atoms with E-state index in [1.807, 2.05) is 12.1 Å². The Morgan fingerprint density at radius 1 is 0.444 bits per heavy atom. The van der Waals surface area contributed by atoms with Crippen LogP contribution in [0.5, 0.6) is 0 Å². The molecule has 2 aromatic heterocycles. The molecule has 0 radical (unpaired) electrons. The zero-order chi connectivity index (χ0) is 35.6. The van der Waals surface area contributed by atoms with Crippen molar-refractivity contribution in [1.82, 2.24) is 10.6 Å². The maximum Gasteiger partial charge on any atom is 0.143 e. The highest BCUT2D eigenvalue weighted by Gasteiger charge is 2.29. The predicted octanol–water partition coefficient (Wildman–Crippen LogP) is 12.3. The van der Waals surface area contributed by atoms with Gasteiger partial charge in [0.05, 0.1) is 0 Å². The first kappa shape index (κ1) is 30.7. The minimum Gasteiger partial charge on any atom is -0.456 e. The van der Waals surface area contributed by atoms with Crippen molar-refractivity contribution in [3.05, 3.63) is 193 Å². The molecule has 2 atom stereocenters. The quantitative estimate of drug-likeness (QED) is 0.188. The second-order valence-corrected chi connectivity index (χ2v) is 13.9. The first-order chi connectivity index (χ1) is 26.8. The van der Waals surface area contributed by atoms with E-state index >= 15 is 0 Å². The van der Waals surface area contributed by atoms with E-state index in [2.05, 4.69) is 174 Å². The van der Waals surface area contributed by atoms with Gasteiger partial charge in [0.2, 0.25) is 0 Å². The molecule has 10 aromatic rings. The lowest BCUT2D eigenvalue weighted by Crippen LogP contribution is -2.45. The molecule has 3 heterocycles. The number of amidine groups is 1. The number of para-hydroxylation sites is 1. The highest BCUT2D eigenvalue weighted by molar-refractivity contribution is 6.20. The summed E-state index contributed by atoms with van der Waals surface area (Å²) in [6, 6.07) is 61.4. The largest absolute Gasteiger partial charge is 0.456 e. The van der Waals surface area contributed by atoms with Crippen LogP contribution in [-0.2, 0) is 0 Å². The van der Waals surface area contributed by atoms with Crippen LogP contribution in [0.4, 0.5) is 0 Å². The number of furan rings is 2. The molecule has 2 unspecified atom stereocenters. The van der Waals surface area contributed by atoms with Gasteiger partial charge in [-0.15, -0.1) is 0 Å². The molecule has 256 valence electrons. The van der Waals surface area contributed by atoms with Crippen LogP contribution in [0.2, 0.25) is 0 Å². The van der Waals surface area contributed by atoms with Gasteiger partial charge < -0.3 is 14.2 Å². The maximum absolute atomic E-state index is 6.83. The van der Waals surface area contributed by atoms with Gasteiger partial charge in [-0.1, -0.05) is 158 Å².